The summed E-state index contributed by atoms with van der Waals surface area (Å²) in [6.07, 6.45) is 2.76. The maximum Gasteiger partial charge on any atom is 0.306 e. The highest BCUT2D eigenvalue weighted by Gasteiger charge is 2.21. The summed E-state index contributed by atoms with van der Waals surface area (Å²) in [6, 6.07) is 0. The maximum atomic E-state index is 11.2. The highest BCUT2D eigenvalue weighted by molar-refractivity contribution is 5.78. The van der Waals surface area contributed by atoms with E-state index in [1.807, 2.05) is 0 Å². The van der Waals surface area contributed by atoms with Crippen molar-refractivity contribution in [1.29, 1.82) is 0 Å². The first-order valence-corrected chi connectivity index (χ1v) is 5.26. The Kier molecular flexibility index (Phi) is 5.10. The number of esters is 1. The van der Waals surface area contributed by atoms with Gasteiger partial charge in [0.25, 0.3) is 0 Å². The van der Waals surface area contributed by atoms with E-state index in [0.717, 1.165) is 6.54 Å². The van der Waals surface area contributed by atoms with Gasteiger partial charge < -0.3 is 15.4 Å². The van der Waals surface area contributed by atoms with Gasteiger partial charge in [-0.25, -0.2) is 0 Å². The highest BCUT2D eigenvalue weighted by Crippen LogP contribution is 2.27. The molecule has 0 aromatic heterocycles. The van der Waals surface area contributed by atoms with E-state index in [4.69, 9.17) is 0 Å². The minimum atomic E-state index is -0.263. The molecule has 0 heterocycles. The molecule has 0 aromatic rings. The molecule has 0 unspecified atom stereocenters. The van der Waals surface area contributed by atoms with Crippen LogP contribution in [0.25, 0.3) is 0 Å². The molecule has 15 heavy (non-hydrogen) atoms. The van der Waals surface area contributed by atoms with E-state index in [1.165, 1.54) is 20.0 Å². The van der Waals surface area contributed by atoms with E-state index < -0.39 is 0 Å². The van der Waals surface area contributed by atoms with Crippen LogP contribution in [-0.2, 0) is 14.3 Å². The van der Waals surface area contributed by atoms with Gasteiger partial charge in [0.05, 0.1) is 20.1 Å². The summed E-state index contributed by atoms with van der Waals surface area (Å²) in [6.45, 7) is 1.53. The lowest BCUT2D eigenvalue weighted by Crippen LogP contribution is -2.35. The smallest absolute Gasteiger partial charge is 0.306 e. The molecular formula is C10H18N2O3. The van der Waals surface area contributed by atoms with Crippen molar-refractivity contribution in [3.05, 3.63) is 0 Å². The zero-order valence-corrected chi connectivity index (χ0v) is 9.04. The summed E-state index contributed by atoms with van der Waals surface area (Å²) in [5.41, 5.74) is 0. The topological polar surface area (TPSA) is 67.4 Å². The van der Waals surface area contributed by atoms with Crippen LogP contribution in [0.15, 0.2) is 0 Å². The lowest BCUT2D eigenvalue weighted by Gasteiger charge is -2.05. The van der Waals surface area contributed by atoms with Gasteiger partial charge in [0.15, 0.2) is 0 Å². The zero-order chi connectivity index (χ0) is 11.1. The SMILES string of the molecule is COC(=O)CCNCC(=O)NCC1CC1. The van der Waals surface area contributed by atoms with Gasteiger partial charge in [0.2, 0.25) is 5.91 Å². The molecule has 2 N–H and O–H groups in total. The van der Waals surface area contributed by atoms with Crippen LogP contribution in [0.3, 0.4) is 0 Å². The van der Waals surface area contributed by atoms with E-state index >= 15 is 0 Å². The average Bonchev–Trinajstić information content (AvgIpc) is 3.04. The number of nitrogens with one attached hydrogen (secondary N) is 2. The monoisotopic (exact) mass is 214 g/mol. The number of hydrogen-bond donors (Lipinski definition) is 2. The number of carbonyl (C=O) groups is 2. The van der Waals surface area contributed by atoms with Crippen LogP contribution < -0.4 is 10.6 Å². The van der Waals surface area contributed by atoms with Crippen molar-refractivity contribution in [1.82, 2.24) is 10.6 Å². The molecule has 0 radical (unpaired) electrons. The van der Waals surface area contributed by atoms with Crippen LogP contribution in [0.2, 0.25) is 0 Å². The minimum Gasteiger partial charge on any atom is -0.469 e. The van der Waals surface area contributed by atoms with Gasteiger partial charge in [-0.2, -0.15) is 0 Å². The molecule has 0 aromatic carbocycles. The van der Waals surface area contributed by atoms with Gasteiger partial charge in [-0.1, -0.05) is 0 Å². The minimum absolute atomic E-state index is 0.00762. The molecule has 0 saturated heterocycles. The molecule has 1 rings (SSSR count). The van der Waals surface area contributed by atoms with Crippen molar-refractivity contribution in [3.8, 4) is 0 Å². The van der Waals surface area contributed by atoms with Crippen molar-refractivity contribution in [2.24, 2.45) is 5.92 Å². The van der Waals surface area contributed by atoms with Crippen LogP contribution in [-0.4, -0.2) is 38.6 Å². The molecular weight excluding hydrogens is 196 g/mol. The van der Waals surface area contributed by atoms with Gasteiger partial charge in [0, 0.05) is 13.1 Å². The lowest BCUT2D eigenvalue weighted by molar-refractivity contribution is -0.140. The standard InChI is InChI=1S/C10H18N2O3/c1-15-10(14)4-5-11-7-9(13)12-6-8-2-3-8/h8,11H,2-7H2,1H3,(H,12,13). The molecule has 1 aliphatic rings. The molecule has 1 aliphatic carbocycles. The van der Waals surface area contributed by atoms with Gasteiger partial charge in [-0.05, 0) is 18.8 Å². The fraction of sp³-hybridized carbons (Fsp3) is 0.800. The average molecular weight is 214 g/mol. The zero-order valence-electron chi connectivity index (χ0n) is 9.04. The van der Waals surface area contributed by atoms with Gasteiger partial charge in [-0.15, -0.1) is 0 Å². The first kappa shape index (κ1) is 12.0. The number of rotatable bonds is 7. The summed E-state index contributed by atoms with van der Waals surface area (Å²) >= 11 is 0. The van der Waals surface area contributed by atoms with E-state index in [9.17, 15) is 9.59 Å². The van der Waals surface area contributed by atoms with Gasteiger partial charge >= 0.3 is 5.97 Å². The quantitative estimate of drug-likeness (QED) is 0.449. The summed E-state index contributed by atoms with van der Waals surface area (Å²) < 4.78 is 4.46. The Balaban J connectivity index is 1.89. The van der Waals surface area contributed by atoms with Crippen LogP contribution in [0.5, 0.6) is 0 Å². The second kappa shape index (κ2) is 6.40. The van der Waals surface area contributed by atoms with Crippen LogP contribution in [0.1, 0.15) is 19.3 Å². The summed E-state index contributed by atoms with van der Waals surface area (Å²) in [5, 5.41) is 5.71. The van der Waals surface area contributed by atoms with E-state index in [-0.39, 0.29) is 18.4 Å². The van der Waals surface area contributed by atoms with E-state index in [0.29, 0.717) is 18.9 Å². The number of hydrogen-bond acceptors (Lipinski definition) is 4. The molecule has 1 amide bonds. The van der Waals surface area contributed by atoms with Gasteiger partial charge in [-0.3, -0.25) is 9.59 Å². The Morgan fingerprint density at radius 1 is 1.40 bits per heavy atom. The maximum absolute atomic E-state index is 11.2. The number of carbonyl (C=O) groups excluding carboxylic acids is 2. The molecule has 5 heteroatoms. The molecule has 86 valence electrons. The third-order valence-corrected chi connectivity index (χ3v) is 2.30. The molecule has 1 fully saturated rings. The Hall–Kier alpha value is -1.10. The molecule has 5 nitrogen and oxygen atoms in total. The Bertz CT molecular complexity index is 227. The highest BCUT2D eigenvalue weighted by atomic mass is 16.5. The Morgan fingerprint density at radius 2 is 2.13 bits per heavy atom. The summed E-state index contributed by atoms with van der Waals surface area (Å²) in [4.78, 5) is 21.9. The predicted octanol–water partition coefficient (Wildman–Crippen LogP) is -0.335. The van der Waals surface area contributed by atoms with Crippen molar-refractivity contribution in [3.63, 3.8) is 0 Å². The number of amides is 1. The van der Waals surface area contributed by atoms with Crippen LogP contribution >= 0.6 is 0 Å². The van der Waals surface area contributed by atoms with Crippen molar-refractivity contribution < 1.29 is 14.3 Å². The third-order valence-electron chi connectivity index (χ3n) is 2.30. The van der Waals surface area contributed by atoms with E-state index in [1.54, 1.807) is 0 Å². The first-order valence-electron chi connectivity index (χ1n) is 5.26. The number of ether oxygens (including phenoxy) is 1. The molecule has 1 saturated carbocycles. The third kappa shape index (κ3) is 6.06. The molecule has 0 bridgehead atoms. The second-order valence-electron chi connectivity index (χ2n) is 3.75. The van der Waals surface area contributed by atoms with Crippen LogP contribution in [0, 0.1) is 5.92 Å². The van der Waals surface area contributed by atoms with Gasteiger partial charge in [0.1, 0.15) is 0 Å². The number of methoxy groups -OCH3 is 1. The predicted molar refractivity (Wildman–Crippen MR) is 55.2 cm³/mol. The summed E-state index contributed by atoms with van der Waals surface area (Å²) in [7, 11) is 1.35. The fourth-order valence-electron chi connectivity index (χ4n) is 1.14. The van der Waals surface area contributed by atoms with E-state index in [2.05, 4.69) is 15.4 Å². The second-order valence-corrected chi connectivity index (χ2v) is 3.75. The normalized spacial score (nSPS) is 14.7. The molecule has 0 spiro atoms. The Morgan fingerprint density at radius 3 is 2.73 bits per heavy atom. The molecule has 0 atom stereocenters. The van der Waals surface area contributed by atoms with Crippen molar-refractivity contribution in [2.75, 3.05) is 26.7 Å². The summed E-state index contributed by atoms with van der Waals surface area (Å²) in [5.74, 6) is 0.427. The first-order chi connectivity index (χ1) is 7.22. The lowest BCUT2D eigenvalue weighted by atomic mass is 10.4. The van der Waals surface area contributed by atoms with Crippen LogP contribution in [0.4, 0.5) is 0 Å². The van der Waals surface area contributed by atoms with Crippen molar-refractivity contribution >= 4 is 11.9 Å². The largest absolute Gasteiger partial charge is 0.469 e. The van der Waals surface area contributed by atoms with Crippen molar-refractivity contribution in [2.45, 2.75) is 19.3 Å². The Labute approximate surface area is 89.6 Å². The fourth-order valence-corrected chi connectivity index (χ4v) is 1.14. The molecule has 0 aliphatic heterocycles.